The third-order valence-electron chi connectivity index (χ3n) is 6.62. The molecule has 2 aliphatic heterocycles. The van der Waals surface area contributed by atoms with E-state index in [1.165, 1.54) is 36.1 Å². The Kier molecular flexibility index (Phi) is 6.37. The van der Waals surface area contributed by atoms with E-state index in [4.69, 9.17) is 0 Å². The molecule has 0 atom stereocenters. The Morgan fingerprint density at radius 1 is 1.00 bits per heavy atom. The zero-order valence-corrected chi connectivity index (χ0v) is 18.3. The smallest absolute Gasteiger partial charge is 0.256 e. The average molecular weight is 438 g/mol. The van der Waals surface area contributed by atoms with Crippen LogP contribution >= 0.6 is 0 Å². The summed E-state index contributed by atoms with van der Waals surface area (Å²) in [6.07, 6.45) is 2.38. The summed E-state index contributed by atoms with van der Waals surface area (Å²) < 4.78 is 13.0. The lowest BCUT2D eigenvalue weighted by Gasteiger charge is -2.43. The van der Waals surface area contributed by atoms with Crippen molar-refractivity contribution in [3.8, 4) is 0 Å². The molecule has 2 heterocycles. The van der Waals surface area contributed by atoms with Gasteiger partial charge in [0.25, 0.3) is 5.91 Å². The molecule has 0 bridgehead atoms. The molecule has 7 heteroatoms. The van der Waals surface area contributed by atoms with E-state index < -0.39 is 5.54 Å². The molecule has 0 aromatic heterocycles. The van der Waals surface area contributed by atoms with Crippen molar-refractivity contribution in [2.45, 2.75) is 38.1 Å². The molecule has 2 fully saturated rings. The minimum atomic E-state index is -0.701. The molecule has 1 spiro atoms. The van der Waals surface area contributed by atoms with Crippen LogP contribution in [-0.2, 0) is 9.59 Å². The van der Waals surface area contributed by atoms with Gasteiger partial charge in [0.05, 0.1) is 0 Å². The number of imide groups is 1. The van der Waals surface area contributed by atoms with Crippen molar-refractivity contribution in [3.63, 3.8) is 0 Å². The zero-order valence-electron chi connectivity index (χ0n) is 18.3. The largest absolute Gasteiger partial charge is 0.338 e. The van der Waals surface area contributed by atoms with Crippen molar-refractivity contribution < 1.29 is 18.8 Å². The number of Topliss-reactive ketones (excluding diaryl/α,β-unsaturated/α-hetero) is 1. The summed E-state index contributed by atoms with van der Waals surface area (Å²) in [5.41, 5.74) is 0.777. The number of hydrogen-bond donors (Lipinski definition) is 0. The van der Waals surface area contributed by atoms with Gasteiger partial charge in [0.15, 0.2) is 5.78 Å². The summed E-state index contributed by atoms with van der Waals surface area (Å²) in [6.45, 7) is 3.94. The van der Waals surface area contributed by atoms with Gasteiger partial charge in [0, 0.05) is 37.7 Å². The lowest BCUT2D eigenvalue weighted by molar-refractivity contribution is -0.143. The molecule has 2 aromatic carbocycles. The fourth-order valence-corrected chi connectivity index (χ4v) is 4.76. The molecule has 2 amide bonds. The van der Waals surface area contributed by atoms with Crippen LogP contribution in [0.2, 0.25) is 0 Å². The van der Waals surface area contributed by atoms with E-state index in [2.05, 4.69) is 9.80 Å². The molecule has 2 saturated heterocycles. The SMILES string of the molecule is CC(=O)N1CN(c2ccccc2)C2(CCN(CCCC(=O)c3ccc(F)cc3)CC2)C1=O. The van der Waals surface area contributed by atoms with Crippen LogP contribution in [-0.4, -0.2) is 59.2 Å². The van der Waals surface area contributed by atoms with Gasteiger partial charge in [-0.25, -0.2) is 4.39 Å². The molecule has 0 unspecified atom stereocenters. The Labute approximate surface area is 187 Å². The maximum Gasteiger partial charge on any atom is 0.256 e. The molecule has 0 saturated carbocycles. The highest BCUT2D eigenvalue weighted by Gasteiger charge is 2.54. The van der Waals surface area contributed by atoms with Gasteiger partial charge >= 0.3 is 0 Å². The molecule has 32 heavy (non-hydrogen) atoms. The number of hydrogen-bond acceptors (Lipinski definition) is 5. The van der Waals surface area contributed by atoms with Crippen LogP contribution in [0, 0.1) is 5.82 Å². The predicted molar refractivity (Wildman–Crippen MR) is 120 cm³/mol. The third kappa shape index (κ3) is 4.30. The molecular formula is C25H28FN3O3. The quantitative estimate of drug-likeness (QED) is 0.648. The number of likely N-dealkylation sites (tertiary alicyclic amines) is 1. The Hall–Kier alpha value is -3.06. The molecule has 2 aliphatic rings. The fourth-order valence-electron chi connectivity index (χ4n) is 4.76. The van der Waals surface area contributed by atoms with Crippen molar-refractivity contribution in [3.05, 3.63) is 66.0 Å². The van der Waals surface area contributed by atoms with Crippen molar-refractivity contribution in [2.75, 3.05) is 31.2 Å². The number of piperidine rings is 1. The van der Waals surface area contributed by atoms with Gasteiger partial charge in [-0.1, -0.05) is 18.2 Å². The first-order chi connectivity index (χ1) is 15.4. The normalized spacial score (nSPS) is 18.4. The summed E-state index contributed by atoms with van der Waals surface area (Å²) in [5, 5.41) is 0. The number of rotatable bonds is 6. The number of amides is 2. The second-order valence-electron chi connectivity index (χ2n) is 8.56. The number of benzene rings is 2. The minimum absolute atomic E-state index is 0.0109. The number of carbonyl (C=O) groups is 3. The lowest BCUT2D eigenvalue weighted by Crippen LogP contribution is -2.56. The van der Waals surface area contributed by atoms with Gasteiger partial charge in [0.2, 0.25) is 5.91 Å². The third-order valence-corrected chi connectivity index (χ3v) is 6.62. The number of halogens is 1. The van der Waals surface area contributed by atoms with Gasteiger partial charge in [-0.15, -0.1) is 0 Å². The van der Waals surface area contributed by atoms with Crippen LogP contribution in [0.1, 0.15) is 43.0 Å². The predicted octanol–water partition coefficient (Wildman–Crippen LogP) is 3.48. The summed E-state index contributed by atoms with van der Waals surface area (Å²) >= 11 is 0. The first-order valence-electron chi connectivity index (χ1n) is 11.1. The zero-order chi connectivity index (χ0) is 22.7. The minimum Gasteiger partial charge on any atom is -0.338 e. The Balaban J connectivity index is 1.37. The van der Waals surface area contributed by atoms with E-state index in [0.717, 1.165) is 25.3 Å². The molecule has 4 rings (SSSR count). The molecule has 6 nitrogen and oxygen atoms in total. The van der Waals surface area contributed by atoms with Crippen molar-refractivity contribution in [2.24, 2.45) is 0 Å². The Bertz CT molecular complexity index is 985. The van der Waals surface area contributed by atoms with Crippen molar-refractivity contribution in [1.82, 2.24) is 9.80 Å². The summed E-state index contributed by atoms with van der Waals surface area (Å²) in [5.74, 6) is -0.676. The topological polar surface area (TPSA) is 60.9 Å². The first kappa shape index (κ1) is 22.1. The number of nitrogens with zero attached hydrogens (tertiary/aromatic N) is 3. The van der Waals surface area contributed by atoms with Crippen LogP contribution in [0.3, 0.4) is 0 Å². The van der Waals surface area contributed by atoms with Gasteiger partial charge in [0.1, 0.15) is 18.0 Å². The molecule has 0 N–H and O–H groups in total. The van der Waals surface area contributed by atoms with Crippen LogP contribution in [0.15, 0.2) is 54.6 Å². The van der Waals surface area contributed by atoms with Gasteiger partial charge in [-0.05, 0) is 62.2 Å². The lowest BCUT2D eigenvalue weighted by atomic mass is 9.85. The van der Waals surface area contributed by atoms with Crippen LogP contribution in [0.4, 0.5) is 10.1 Å². The number of carbonyl (C=O) groups excluding carboxylic acids is 3. The molecule has 0 radical (unpaired) electrons. The highest BCUT2D eigenvalue weighted by atomic mass is 19.1. The Morgan fingerprint density at radius 2 is 1.66 bits per heavy atom. The number of ketones is 1. The number of anilines is 1. The summed E-state index contributed by atoms with van der Waals surface area (Å²) in [6, 6.07) is 15.4. The first-order valence-corrected chi connectivity index (χ1v) is 11.1. The van der Waals surface area contributed by atoms with Crippen LogP contribution in [0.25, 0.3) is 0 Å². The molecular weight excluding hydrogens is 409 g/mol. The maximum atomic E-state index is 13.3. The van der Waals surface area contributed by atoms with Crippen LogP contribution < -0.4 is 4.90 Å². The fraction of sp³-hybridized carbons (Fsp3) is 0.400. The molecule has 2 aromatic rings. The van der Waals surface area contributed by atoms with E-state index >= 15 is 0 Å². The van der Waals surface area contributed by atoms with Crippen molar-refractivity contribution >= 4 is 23.3 Å². The van der Waals surface area contributed by atoms with Gasteiger partial charge in [-0.2, -0.15) is 0 Å². The highest BCUT2D eigenvalue weighted by molar-refractivity contribution is 6.04. The van der Waals surface area contributed by atoms with E-state index in [1.54, 1.807) is 0 Å². The maximum absolute atomic E-state index is 13.3. The number of para-hydroxylation sites is 1. The Morgan fingerprint density at radius 3 is 2.28 bits per heavy atom. The highest BCUT2D eigenvalue weighted by Crippen LogP contribution is 2.39. The summed E-state index contributed by atoms with van der Waals surface area (Å²) in [4.78, 5) is 43.4. The van der Waals surface area contributed by atoms with Gasteiger partial charge in [-0.3, -0.25) is 19.3 Å². The van der Waals surface area contributed by atoms with Gasteiger partial charge < -0.3 is 9.80 Å². The van der Waals surface area contributed by atoms with E-state index in [-0.39, 0.29) is 30.1 Å². The second kappa shape index (κ2) is 9.20. The van der Waals surface area contributed by atoms with E-state index in [0.29, 0.717) is 31.2 Å². The van der Waals surface area contributed by atoms with E-state index in [1.807, 2.05) is 30.3 Å². The monoisotopic (exact) mass is 437 g/mol. The van der Waals surface area contributed by atoms with Crippen molar-refractivity contribution in [1.29, 1.82) is 0 Å². The second-order valence-corrected chi connectivity index (χ2v) is 8.56. The molecule has 0 aliphatic carbocycles. The van der Waals surface area contributed by atoms with Crippen LogP contribution in [0.5, 0.6) is 0 Å². The summed E-state index contributed by atoms with van der Waals surface area (Å²) in [7, 11) is 0. The van der Waals surface area contributed by atoms with E-state index in [9.17, 15) is 18.8 Å². The standard InChI is InChI=1S/C25H28FN3O3/c1-19(30)28-18-29(22-6-3-2-4-7-22)25(24(28)32)13-16-27(17-14-25)15-5-8-23(31)20-9-11-21(26)12-10-20/h2-4,6-7,9-12H,5,8,13-18H2,1H3. The molecule has 168 valence electrons. The average Bonchev–Trinajstić information content (AvgIpc) is 3.08.